The Kier molecular flexibility index (Phi) is 5.81. The third-order valence-electron chi connectivity index (χ3n) is 4.53. The third-order valence-corrected chi connectivity index (χ3v) is 5.16. The summed E-state index contributed by atoms with van der Waals surface area (Å²) in [5, 5.41) is 3.50. The molecule has 26 heavy (non-hydrogen) atoms. The lowest BCUT2D eigenvalue weighted by atomic mass is 9.93. The van der Waals surface area contributed by atoms with Gasteiger partial charge in [0.2, 0.25) is 11.8 Å². The lowest BCUT2D eigenvalue weighted by Crippen LogP contribution is -2.49. The SMILES string of the molecule is NC(=O)[C@@H]1Cc2ccccc2CN1CCC(=O)Nc1c(Cl)cccc1Cl. The number of fused-ring (bicyclic) bond motifs is 1. The fraction of sp³-hybridized carbons (Fsp3) is 0.263. The first-order valence-corrected chi connectivity index (χ1v) is 9.05. The molecule has 2 aromatic rings. The average molecular weight is 392 g/mol. The highest BCUT2D eigenvalue weighted by Crippen LogP contribution is 2.30. The summed E-state index contributed by atoms with van der Waals surface area (Å²) in [6.45, 7) is 1.000. The zero-order valence-corrected chi connectivity index (χ0v) is 15.6. The lowest BCUT2D eigenvalue weighted by molar-refractivity contribution is -0.125. The van der Waals surface area contributed by atoms with E-state index < -0.39 is 6.04 Å². The number of nitrogens with zero attached hydrogens (tertiary/aromatic N) is 1. The summed E-state index contributed by atoms with van der Waals surface area (Å²) in [6.07, 6.45) is 0.761. The van der Waals surface area contributed by atoms with E-state index >= 15 is 0 Å². The highest BCUT2D eigenvalue weighted by Gasteiger charge is 2.30. The van der Waals surface area contributed by atoms with Gasteiger partial charge in [-0.1, -0.05) is 53.5 Å². The molecule has 3 rings (SSSR count). The first kappa shape index (κ1) is 18.7. The summed E-state index contributed by atoms with van der Waals surface area (Å²) >= 11 is 12.1. The largest absolute Gasteiger partial charge is 0.368 e. The smallest absolute Gasteiger partial charge is 0.235 e. The molecule has 7 heteroatoms. The van der Waals surface area contributed by atoms with Crippen LogP contribution in [0.3, 0.4) is 0 Å². The second-order valence-corrected chi connectivity index (χ2v) is 7.07. The quantitative estimate of drug-likeness (QED) is 0.821. The summed E-state index contributed by atoms with van der Waals surface area (Å²) in [4.78, 5) is 26.1. The minimum atomic E-state index is -0.415. The molecule has 0 fully saturated rings. The second kappa shape index (κ2) is 8.08. The molecule has 0 aliphatic carbocycles. The van der Waals surface area contributed by atoms with E-state index in [0.717, 1.165) is 11.1 Å². The molecule has 5 nitrogen and oxygen atoms in total. The Hall–Kier alpha value is -2.08. The summed E-state index contributed by atoms with van der Waals surface area (Å²) in [5.74, 6) is -0.601. The van der Waals surface area contributed by atoms with Gasteiger partial charge in [-0.3, -0.25) is 14.5 Å². The van der Waals surface area contributed by atoms with Crippen molar-refractivity contribution >= 4 is 40.7 Å². The number of carbonyl (C=O) groups excluding carboxylic acids is 2. The maximum Gasteiger partial charge on any atom is 0.235 e. The van der Waals surface area contributed by atoms with E-state index in [0.29, 0.717) is 35.2 Å². The topological polar surface area (TPSA) is 75.4 Å². The predicted octanol–water partition coefficient (Wildman–Crippen LogP) is 3.23. The van der Waals surface area contributed by atoms with Crippen molar-refractivity contribution in [3.8, 4) is 0 Å². The van der Waals surface area contributed by atoms with Crippen molar-refractivity contribution in [1.82, 2.24) is 4.90 Å². The molecule has 0 bridgehead atoms. The summed E-state index contributed by atoms with van der Waals surface area (Å²) < 4.78 is 0. The van der Waals surface area contributed by atoms with Gasteiger partial charge >= 0.3 is 0 Å². The van der Waals surface area contributed by atoms with Gasteiger partial charge in [-0.15, -0.1) is 0 Å². The van der Waals surface area contributed by atoms with Crippen LogP contribution in [0.1, 0.15) is 17.5 Å². The van der Waals surface area contributed by atoms with E-state index in [9.17, 15) is 9.59 Å². The highest BCUT2D eigenvalue weighted by molar-refractivity contribution is 6.39. The lowest BCUT2D eigenvalue weighted by Gasteiger charge is -2.34. The number of hydrogen-bond acceptors (Lipinski definition) is 3. The molecule has 0 saturated heterocycles. The molecule has 1 aliphatic heterocycles. The van der Waals surface area contributed by atoms with E-state index in [1.807, 2.05) is 29.2 Å². The van der Waals surface area contributed by atoms with Gasteiger partial charge in [-0.25, -0.2) is 0 Å². The van der Waals surface area contributed by atoms with Crippen LogP contribution in [-0.4, -0.2) is 29.3 Å². The van der Waals surface area contributed by atoms with Crippen LogP contribution in [0.4, 0.5) is 5.69 Å². The van der Waals surface area contributed by atoms with Crippen LogP contribution in [0.25, 0.3) is 0 Å². The number of nitrogens with two attached hydrogens (primary N) is 1. The number of carbonyl (C=O) groups is 2. The highest BCUT2D eigenvalue weighted by atomic mass is 35.5. The number of anilines is 1. The Bertz CT molecular complexity index is 821. The maximum absolute atomic E-state index is 12.3. The average Bonchev–Trinajstić information content (AvgIpc) is 2.62. The summed E-state index contributed by atoms with van der Waals surface area (Å²) in [6, 6.07) is 12.6. The zero-order chi connectivity index (χ0) is 18.7. The van der Waals surface area contributed by atoms with Gasteiger partial charge in [0.25, 0.3) is 0 Å². The summed E-state index contributed by atoms with van der Waals surface area (Å²) in [7, 11) is 0. The van der Waals surface area contributed by atoms with E-state index in [2.05, 4.69) is 5.32 Å². The van der Waals surface area contributed by atoms with Gasteiger partial charge < -0.3 is 11.1 Å². The van der Waals surface area contributed by atoms with Gasteiger partial charge in [0.1, 0.15) is 0 Å². The molecule has 0 spiro atoms. The van der Waals surface area contributed by atoms with E-state index in [4.69, 9.17) is 28.9 Å². The monoisotopic (exact) mass is 391 g/mol. The Morgan fingerprint density at radius 2 is 1.73 bits per heavy atom. The molecule has 1 aliphatic rings. The van der Waals surface area contributed by atoms with Gasteiger partial charge in [0.15, 0.2) is 0 Å². The molecular formula is C19H19Cl2N3O2. The Balaban J connectivity index is 1.66. The molecule has 0 unspecified atom stereocenters. The number of para-hydroxylation sites is 1. The zero-order valence-electron chi connectivity index (χ0n) is 14.0. The van der Waals surface area contributed by atoms with Gasteiger partial charge in [-0.05, 0) is 29.7 Å². The number of benzene rings is 2. The molecule has 2 aromatic carbocycles. The fourth-order valence-corrected chi connectivity index (χ4v) is 3.65. The van der Waals surface area contributed by atoms with Crippen LogP contribution in [0.5, 0.6) is 0 Å². The van der Waals surface area contributed by atoms with Gasteiger partial charge in [0.05, 0.1) is 21.8 Å². The number of amides is 2. The molecule has 0 aromatic heterocycles. The van der Waals surface area contributed by atoms with Gasteiger partial charge in [0, 0.05) is 19.5 Å². The first-order valence-electron chi connectivity index (χ1n) is 8.29. The minimum absolute atomic E-state index is 0.202. The van der Waals surface area contributed by atoms with E-state index in [1.54, 1.807) is 18.2 Å². The molecule has 1 atom stereocenters. The number of nitrogens with one attached hydrogen (secondary N) is 1. The standard InChI is InChI=1S/C19H19Cl2N3O2/c20-14-6-3-7-15(21)18(14)23-17(25)8-9-24-11-13-5-2-1-4-12(13)10-16(24)19(22)26/h1-7,16H,8-11H2,(H2,22,26)(H,23,25)/t16-/m0/s1. The van der Waals surface area contributed by atoms with Crippen molar-refractivity contribution in [1.29, 1.82) is 0 Å². The van der Waals surface area contributed by atoms with Crippen LogP contribution >= 0.6 is 23.2 Å². The number of rotatable bonds is 5. The predicted molar refractivity (Wildman–Crippen MR) is 103 cm³/mol. The van der Waals surface area contributed by atoms with Gasteiger partial charge in [-0.2, -0.15) is 0 Å². The van der Waals surface area contributed by atoms with Crippen LogP contribution in [0, 0.1) is 0 Å². The van der Waals surface area contributed by atoms with E-state index in [1.165, 1.54) is 0 Å². The number of halogens is 2. The second-order valence-electron chi connectivity index (χ2n) is 6.26. The third kappa shape index (κ3) is 4.18. The normalized spacial score (nSPS) is 16.8. The van der Waals surface area contributed by atoms with E-state index in [-0.39, 0.29) is 18.2 Å². The van der Waals surface area contributed by atoms with Crippen molar-refractivity contribution in [3.63, 3.8) is 0 Å². The van der Waals surface area contributed by atoms with Crippen LogP contribution in [0.15, 0.2) is 42.5 Å². The summed E-state index contributed by atoms with van der Waals surface area (Å²) in [5.41, 5.74) is 8.24. The Labute approximate surface area is 162 Å². The van der Waals surface area contributed by atoms with Crippen LogP contribution in [-0.2, 0) is 22.6 Å². The molecule has 0 saturated carbocycles. The number of primary amides is 1. The Morgan fingerprint density at radius 3 is 2.38 bits per heavy atom. The molecule has 3 N–H and O–H groups in total. The van der Waals surface area contributed by atoms with Crippen molar-refractivity contribution < 1.29 is 9.59 Å². The molecule has 0 radical (unpaired) electrons. The molecule has 2 amide bonds. The van der Waals surface area contributed by atoms with Crippen LogP contribution < -0.4 is 11.1 Å². The maximum atomic E-state index is 12.3. The molecule has 1 heterocycles. The van der Waals surface area contributed by atoms with Crippen molar-refractivity contribution in [2.75, 3.05) is 11.9 Å². The molecular weight excluding hydrogens is 373 g/mol. The van der Waals surface area contributed by atoms with Crippen molar-refractivity contribution in [3.05, 3.63) is 63.6 Å². The van der Waals surface area contributed by atoms with Crippen LogP contribution in [0.2, 0.25) is 10.0 Å². The Morgan fingerprint density at radius 1 is 1.08 bits per heavy atom. The fourth-order valence-electron chi connectivity index (χ4n) is 3.16. The van der Waals surface area contributed by atoms with Crippen molar-refractivity contribution in [2.45, 2.75) is 25.4 Å². The number of hydrogen-bond donors (Lipinski definition) is 2. The molecule has 136 valence electrons. The van der Waals surface area contributed by atoms with Crippen molar-refractivity contribution in [2.24, 2.45) is 5.73 Å². The minimum Gasteiger partial charge on any atom is -0.368 e. The first-order chi connectivity index (χ1) is 12.5.